The maximum absolute atomic E-state index is 11.4. The number of nitrogens with one attached hydrogen (secondary N) is 1. The third kappa shape index (κ3) is 2.80. The highest BCUT2D eigenvalue weighted by Gasteiger charge is 2.46. The molecule has 2 N–H and O–H groups in total. The first kappa shape index (κ1) is 14.5. The van der Waals surface area contributed by atoms with Gasteiger partial charge in [0.25, 0.3) is 0 Å². The summed E-state index contributed by atoms with van der Waals surface area (Å²) in [4.78, 5) is 13.8. The van der Waals surface area contributed by atoms with Gasteiger partial charge in [0.05, 0.1) is 0 Å². The van der Waals surface area contributed by atoms with Crippen LogP contribution in [0.4, 0.5) is 0 Å². The van der Waals surface area contributed by atoms with Crippen LogP contribution in [-0.2, 0) is 4.79 Å². The molecule has 3 unspecified atom stereocenters. The topological polar surface area (TPSA) is 52.6 Å². The highest BCUT2D eigenvalue weighted by Crippen LogP contribution is 2.34. The Hall–Kier alpha value is -0.610. The van der Waals surface area contributed by atoms with E-state index in [1.165, 1.54) is 0 Å². The molecule has 0 aliphatic heterocycles. The van der Waals surface area contributed by atoms with E-state index in [-0.39, 0.29) is 0 Å². The number of likely N-dealkylation sites (N-methyl/N-ethyl adjacent to an activating group) is 1. The zero-order valence-electron chi connectivity index (χ0n) is 11.5. The lowest BCUT2D eigenvalue weighted by atomic mass is 9.97. The van der Waals surface area contributed by atoms with Crippen molar-refractivity contribution in [3.63, 3.8) is 0 Å². The Kier molecular flexibility index (Phi) is 4.95. The molecule has 1 rings (SSSR count). The lowest BCUT2D eigenvalue weighted by Gasteiger charge is -2.34. The van der Waals surface area contributed by atoms with Crippen molar-refractivity contribution in [2.75, 3.05) is 13.6 Å². The number of aliphatic carboxylic acids is 1. The largest absolute Gasteiger partial charge is 0.480 e. The SMILES string of the molecule is CCC(C)N(CC)C1CCC(NC)(C(=O)O)C1. The first-order valence-corrected chi connectivity index (χ1v) is 6.68. The van der Waals surface area contributed by atoms with Gasteiger partial charge in [-0.2, -0.15) is 0 Å². The number of carbonyl (C=O) groups is 1. The molecule has 1 fully saturated rings. The van der Waals surface area contributed by atoms with Crippen molar-refractivity contribution in [3.05, 3.63) is 0 Å². The van der Waals surface area contributed by atoms with Crippen molar-refractivity contribution in [2.24, 2.45) is 0 Å². The summed E-state index contributed by atoms with van der Waals surface area (Å²) < 4.78 is 0. The lowest BCUT2D eigenvalue weighted by molar-refractivity contribution is -0.144. The molecule has 3 atom stereocenters. The van der Waals surface area contributed by atoms with Gasteiger partial charge in [-0.15, -0.1) is 0 Å². The highest BCUT2D eigenvalue weighted by atomic mass is 16.4. The van der Waals surface area contributed by atoms with E-state index in [0.717, 1.165) is 32.2 Å². The van der Waals surface area contributed by atoms with E-state index >= 15 is 0 Å². The zero-order valence-corrected chi connectivity index (χ0v) is 11.5. The number of hydrogen-bond donors (Lipinski definition) is 2. The lowest BCUT2D eigenvalue weighted by Crippen LogP contribution is -2.50. The van der Waals surface area contributed by atoms with Gasteiger partial charge in [-0.1, -0.05) is 13.8 Å². The van der Waals surface area contributed by atoms with Gasteiger partial charge in [-0.3, -0.25) is 9.69 Å². The Morgan fingerprint density at radius 3 is 2.59 bits per heavy atom. The number of carboxylic acids is 1. The summed E-state index contributed by atoms with van der Waals surface area (Å²) in [5.41, 5.74) is -0.703. The molecule has 1 aliphatic carbocycles. The Labute approximate surface area is 104 Å². The monoisotopic (exact) mass is 242 g/mol. The maximum Gasteiger partial charge on any atom is 0.323 e. The van der Waals surface area contributed by atoms with Gasteiger partial charge in [0.1, 0.15) is 5.54 Å². The Balaban J connectivity index is 2.74. The summed E-state index contributed by atoms with van der Waals surface area (Å²) in [6.07, 6.45) is 3.54. The summed E-state index contributed by atoms with van der Waals surface area (Å²) in [7, 11) is 1.76. The van der Waals surface area contributed by atoms with Gasteiger partial charge in [0.2, 0.25) is 0 Å². The van der Waals surface area contributed by atoms with E-state index < -0.39 is 11.5 Å². The van der Waals surface area contributed by atoms with Gasteiger partial charge >= 0.3 is 5.97 Å². The molecule has 1 aliphatic rings. The highest BCUT2D eigenvalue weighted by molar-refractivity contribution is 5.79. The molecule has 0 aromatic heterocycles. The van der Waals surface area contributed by atoms with Crippen molar-refractivity contribution in [1.29, 1.82) is 0 Å². The molecular formula is C13H26N2O2. The predicted octanol–water partition coefficient (Wildman–Crippen LogP) is 1.70. The zero-order chi connectivity index (χ0) is 13.1. The van der Waals surface area contributed by atoms with Crippen LogP contribution in [0.25, 0.3) is 0 Å². The van der Waals surface area contributed by atoms with E-state index in [9.17, 15) is 9.90 Å². The first-order valence-electron chi connectivity index (χ1n) is 6.68. The molecule has 0 spiro atoms. The third-order valence-corrected chi connectivity index (χ3v) is 4.37. The summed E-state index contributed by atoms with van der Waals surface area (Å²) in [5, 5.41) is 12.4. The van der Waals surface area contributed by atoms with Crippen LogP contribution in [0.1, 0.15) is 46.5 Å². The number of nitrogens with zero attached hydrogens (tertiary/aromatic N) is 1. The molecule has 1 saturated carbocycles. The molecule has 4 heteroatoms. The summed E-state index contributed by atoms with van der Waals surface area (Å²) in [6.45, 7) is 7.57. The molecule has 0 aromatic carbocycles. The average Bonchev–Trinajstić information content (AvgIpc) is 2.75. The van der Waals surface area contributed by atoms with Crippen LogP contribution in [0.5, 0.6) is 0 Å². The van der Waals surface area contributed by atoms with E-state index in [4.69, 9.17) is 0 Å². The van der Waals surface area contributed by atoms with E-state index in [0.29, 0.717) is 12.1 Å². The van der Waals surface area contributed by atoms with Crippen molar-refractivity contribution in [3.8, 4) is 0 Å². The molecule has 100 valence electrons. The fourth-order valence-electron chi connectivity index (χ4n) is 2.99. The molecule has 17 heavy (non-hydrogen) atoms. The minimum atomic E-state index is -0.706. The fourth-order valence-corrected chi connectivity index (χ4v) is 2.99. The second-order valence-corrected chi connectivity index (χ2v) is 5.12. The quantitative estimate of drug-likeness (QED) is 0.744. The van der Waals surface area contributed by atoms with Gasteiger partial charge in [-0.05, 0) is 46.2 Å². The van der Waals surface area contributed by atoms with Crippen molar-refractivity contribution in [2.45, 2.75) is 64.1 Å². The van der Waals surface area contributed by atoms with Crippen molar-refractivity contribution in [1.82, 2.24) is 10.2 Å². The number of hydrogen-bond acceptors (Lipinski definition) is 3. The van der Waals surface area contributed by atoms with Crippen LogP contribution in [-0.4, -0.2) is 47.2 Å². The molecular weight excluding hydrogens is 216 g/mol. The number of carboxylic acid groups (broad SMARTS) is 1. The predicted molar refractivity (Wildman–Crippen MR) is 69.2 cm³/mol. The molecule has 0 heterocycles. The molecule has 0 bridgehead atoms. The second-order valence-electron chi connectivity index (χ2n) is 5.12. The molecule has 4 nitrogen and oxygen atoms in total. The van der Waals surface area contributed by atoms with Gasteiger partial charge in [0.15, 0.2) is 0 Å². The van der Waals surface area contributed by atoms with Crippen molar-refractivity contribution >= 4 is 5.97 Å². The normalized spacial score (nSPS) is 30.8. The van der Waals surface area contributed by atoms with Crippen LogP contribution in [0, 0.1) is 0 Å². The molecule has 0 radical (unpaired) electrons. The molecule has 0 amide bonds. The van der Waals surface area contributed by atoms with Crippen LogP contribution in [0.2, 0.25) is 0 Å². The minimum Gasteiger partial charge on any atom is -0.480 e. The Morgan fingerprint density at radius 1 is 1.59 bits per heavy atom. The van der Waals surface area contributed by atoms with E-state index in [2.05, 4.69) is 31.0 Å². The minimum absolute atomic E-state index is 0.401. The van der Waals surface area contributed by atoms with Crippen LogP contribution >= 0.6 is 0 Å². The average molecular weight is 242 g/mol. The number of rotatable bonds is 6. The van der Waals surface area contributed by atoms with Gasteiger partial charge in [-0.25, -0.2) is 0 Å². The maximum atomic E-state index is 11.4. The standard InChI is InChI=1S/C13H26N2O2/c1-5-10(3)15(6-2)11-7-8-13(9-11,14-4)12(16)17/h10-11,14H,5-9H2,1-4H3,(H,16,17). The summed E-state index contributed by atoms with van der Waals surface area (Å²) in [6, 6.07) is 0.935. The Morgan fingerprint density at radius 2 is 2.24 bits per heavy atom. The molecule has 0 aromatic rings. The van der Waals surface area contributed by atoms with Gasteiger partial charge in [0, 0.05) is 12.1 Å². The van der Waals surface area contributed by atoms with Crippen LogP contribution in [0.3, 0.4) is 0 Å². The Bertz CT molecular complexity index is 270. The first-order chi connectivity index (χ1) is 8.00. The third-order valence-electron chi connectivity index (χ3n) is 4.37. The second kappa shape index (κ2) is 5.83. The van der Waals surface area contributed by atoms with E-state index in [1.807, 2.05) is 0 Å². The smallest absolute Gasteiger partial charge is 0.323 e. The summed E-state index contributed by atoms with van der Waals surface area (Å²) in [5.74, 6) is -0.706. The van der Waals surface area contributed by atoms with Crippen LogP contribution in [0.15, 0.2) is 0 Å². The summed E-state index contributed by atoms with van der Waals surface area (Å²) >= 11 is 0. The van der Waals surface area contributed by atoms with E-state index in [1.54, 1.807) is 7.05 Å². The fraction of sp³-hybridized carbons (Fsp3) is 0.923. The molecule has 0 saturated heterocycles. The van der Waals surface area contributed by atoms with Crippen molar-refractivity contribution < 1.29 is 9.90 Å². The van der Waals surface area contributed by atoms with Gasteiger partial charge < -0.3 is 10.4 Å². The van der Waals surface area contributed by atoms with Crippen LogP contribution < -0.4 is 5.32 Å².